The Bertz CT molecular complexity index is 1560. The molecule has 0 saturated heterocycles. The Kier molecular flexibility index (Phi) is 8.70. The second-order valence-electron chi connectivity index (χ2n) is 8.02. The molecule has 4 N–H and O–H groups in total. The zero-order chi connectivity index (χ0) is 28.0. The van der Waals surface area contributed by atoms with Gasteiger partial charge in [0.15, 0.2) is 5.65 Å². The first kappa shape index (κ1) is 28.1. The highest BCUT2D eigenvalue weighted by Crippen LogP contribution is 2.32. The number of benzene rings is 2. The summed E-state index contributed by atoms with van der Waals surface area (Å²) < 4.78 is 55.4. The molecule has 2 aromatic carbocycles. The lowest BCUT2D eigenvalue weighted by molar-refractivity contribution is -0.126. The Morgan fingerprint density at radius 2 is 1.89 bits per heavy atom. The van der Waals surface area contributed by atoms with E-state index in [0.29, 0.717) is 28.4 Å². The fourth-order valence-electron chi connectivity index (χ4n) is 3.54. The fourth-order valence-corrected chi connectivity index (χ4v) is 3.54. The number of nitrogens with two attached hydrogens (primary N) is 1. The molecule has 38 heavy (non-hydrogen) atoms. The van der Waals surface area contributed by atoms with E-state index in [1.165, 1.54) is 34.1 Å². The van der Waals surface area contributed by atoms with Gasteiger partial charge in [0.2, 0.25) is 5.91 Å². The van der Waals surface area contributed by atoms with Crippen LogP contribution in [-0.4, -0.2) is 61.4 Å². The molecule has 0 bridgehead atoms. The van der Waals surface area contributed by atoms with Crippen LogP contribution in [0.15, 0.2) is 61.4 Å². The third-order valence-corrected chi connectivity index (χ3v) is 5.10. The van der Waals surface area contributed by atoms with E-state index < -0.39 is 21.8 Å². The maximum atomic E-state index is 14.1. The number of aromatic hydroxyl groups is 1. The molecule has 0 aliphatic carbocycles. The number of nitrogen functional groups attached to an aromatic ring is 1. The molecule has 0 fully saturated rings. The number of halogens is 2. The number of rotatable bonds is 7. The average Bonchev–Trinajstić information content (AvgIpc) is 3.21. The number of phenolic OH excluding ortho intramolecular Hbond substituents is 1. The van der Waals surface area contributed by atoms with Crippen LogP contribution in [0.5, 0.6) is 5.75 Å². The Balaban J connectivity index is 0.000000732. The summed E-state index contributed by atoms with van der Waals surface area (Å²) in [5, 5.41) is 14.7. The van der Waals surface area contributed by atoms with Crippen LogP contribution in [0, 0.1) is 11.6 Å². The van der Waals surface area contributed by atoms with E-state index in [1.54, 1.807) is 18.2 Å². The van der Waals surface area contributed by atoms with Crippen molar-refractivity contribution in [2.24, 2.45) is 0 Å². The van der Waals surface area contributed by atoms with Crippen LogP contribution >= 0.6 is 0 Å². The normalized spacial score (nSPS) is 11.1. The van der Waals surface area contributed by atoms with Gasteiger partial charge in [0.25, 0.3) is 10.1 Å². The molecule has 1 amide bonds. The molecule has 0 radical (unpaired) electrons. The second kappa shape index (κ2) is 11.7. The Labute approximate surface area is 216 Å². The molecular weight excluding hydrogens is 522 g/mol. The van der Waals surface area contributed by atoms with Crippen molar-refractivity contribution in [1.29, 1.82) is 0 Å². The highest BCUT2D eigenvalue weighted by molar-refractivity contribution is 7.85. The highest BCUT2D eigenvalue weighted by atomic mass is 32.2. The van der Waals surface area contributed by atoms with E-state index in [2.05, 4.69) is 21.6 Å². The van der Waals surface area contributed by atoms with Gasteiger partial charge in [-0.05, 0) is 24.3 Å². The first-order chi connectivity index (χ1) is 17.9. The van der Waals surface area contributed by atoms with Crippen LogP contribution in [-0.2, 0) is 28.0 Å². The molecule has 11 nitrogen and oxygen atoms in total. The van der Waals surface area contributed by atoms with Gasteiger partial charge in [-0.15, -0.1) is 0 Å². The zero-order valence-electron chi connectivity index (χ0n) is 20.1. The first-order valence-corrected chi connectivity index (χ1v) is 12.8. The molecule has 2 heterocycles. The SMILES string of the molecule is C=CC(=O)N(CCn1nc(-c2cc(O)cc(F)c2)c2c(N)ncnc21)Cc1ccccc1F.CS(=O)(=O)O. The van der Waals surface area contributed by atoms with Crippen LogP contribution in [0.3, 0.4) is 0 Å². The zero-order valence-corrected chi connectivity index (χ0v) is 20.9. The summed E-state index contributed by atoms with van der Waals surface area (Å²) in [6.45, 7) is 3.90. The van der Waals surface area contributed by atoms with Gasteiger partial charge in [-0.2, -0.15) is 13.5 Å². The first-order valence-electron chi connectivity index (χ1n) is 10.9. The Morgan fingerprint density at radius 1 is 1.21 bits per heavy atom. The number of carbonyl (C=O) groups excluding carboxylic acids is 1. The topological polar surface area (TPSA) is 165 Å². The summed E-state index contributed by atoms with van der Waals surface area (Å²) in [4.78, 5) is 22.1. The molecule has 14 heteroatoms. The summed E-state index contributed by atoms with van der Waals surface area (Å²) in [6.07, 6.45) is 3.14. The lowest BCUT2D eigenvalue weighted by atomic mass is 10.1. The van der Waals surface area contributed by atoms with Crippen molar-refractivity contribution in [3.8, 4) is 17.0 Å². The number of anilines is 1. The molecular formula is C24H24F2N6O5S. The number of hydrogen-bond donors (Lipinski definition) is 3. The number of phenols is 1. The van der Waals surface area contributed by atoms with Gasteiger partial charge in [-0.1, -0.05) is 24.8 Å². The van der Waals surface area contributed by atoms with Gasteiger partial charge in [0.05, 0.1) is 18.2 Å². The lowest BCUT2D eigenvalue weighted by Gasteiger charge is -2.21. The molecule has 4 rings (SSSR count). The van der Waals surface area contributed by atoms with E-state index >= 15 is 0 Å². The smallest absolute Gasteiger partial charge is 0.261 e. The quantitative estimate of drug-likeness (QED) is 0.233. The van der Waals surface area contributed by atoms with E-state index in [0.717, 1.165) is 12.1 Å². The Hall–Kier alpha value is -4.43. The van der Waals surface area contributed by atoms with E-state index in [-0.39, 0.29) is 42.8 Å². The number of aromatic nitrogens is 4. The third kappa shape index (κ3) is 7.30. The molecule has 0 saturated carbocycles. The summed E-state index contributed by atoms with van der Waals surface area (Å²) in [7, 11) is -3.67. The van der Waals surface area contributed by atoms with Crippen LogP contribution in [0.2, 0.25) is 0 Å². The van der Waals surface area contributed by atoms with E-state index in [1.807, 2.05) is 0 Å². The minimum absolute atomic E-state index is 0.0402. The van der Waals surface area contributed by atoms with E-state index in [4.69, 9.17) is 10.3 Å². The molecule has 0 spiro atoms. The number of amides is 1. The third-order valence-electron chi connectivity index (χ3n) is 5.10. The molecule has 2 aromatic heterocycles. The Morgan fingerprint density at radius 3 is 2.53 bits per heavy atom. The molecule has 0 atom stereocenters. The van der Waals surface area contributed by atoms with Crippen molar-refractivity contribution in [3.63, 3.8) is 0 Å². The summed E-state index contributed by atoms with van der Waals surface area (Å²) in [5.41, 5.74) is 7.36. The van der Waals surface area contributed by atoms with Crippen molar-refractivity contribution in [2.45, 2.75) is 13.1 Å². The van der Waals surface area contributed by atoms with Crippen LogP contribution < -0.4 is 5.73 Å². The van der Waals surface area contributed by atoms with Crippen molar-refractivity contribution < 1.29 is 31.7 Å². The van der Waals surface area contributed by atoms with Gasteiger partial charge in [-0.25, -0.2) is 23.4 Å². The molecule has 200 valence electrons. The second-order valence-corrected chi connectivity index (χ2v) is 9.48. The predicted molar refractivity (Wildman–Crippen MR) is 136 cm³/mol. The molecule has 0 unspecified atom stereocenters. The lowest BCUT2D eigenvalue weighted by Crippen LogP contribution is -2.32. The van der Waals surface area contributed by atoms with Crippen molar-refractivity contribution in [1.82, 2.24) is 24.6 Å². The summed E-state index contributed by atoms with van der Waals surface area (Å²) >= 11 is 0. The minimum atomic E-state index is -3.67. The predicted octanol–water partition coefficient (Wildman–Crippen LogP) is 2.78. The van der Waals surface area contributed by atoms with Crippen LogP contribution in [0.25, 0.3) is 22.3 Å². The summed E-state index contributed by atoms with van der Waals surface area (Å²) in [5.74, 6) is -1.57. The molecule has 0 aliphatic rings. The minimum Gasteiger partial charge on any atom is -0.508 e. The molecule has 4 aromatic rings. The number of hydrogen-bond acceptors (Lipinski definition) is 8. The standard InChI is InChI=1S/C23H20F2N6O2.CH4O3S/c1-2-19(33)30(12-14-5-3-4-6-18(14)25)7-8-31-23-20(22(26)27-13-28-23)21(29-31)15-9-16(24)11-17(32)10-15;1-5(2,3)4/h2-6,9-11,13,32H,1,7-8,12H2,(H2,26,27,28);1H3,(H,2,3,4). The average molecular weight is 547 g/mol. The number of fused-ring (bicyclic) bond motifs is 1. The van der Waals surface area contributed by atoms with Gasteiger partial charge in [0, 0.05) is 30.3 Å². The van der Waals surface area contributed by atoms with Crippen LogP contribution in [0.4, 0.5) is 14.6 Å². The number of nitrogens with zero attached hydrogens (tertiary/aromatic N) is 5. The van der Waals surface area contributed by atoms with Gasteiger partial charge in [-0.3, -0.25) is 9.35 Å². The largest absolute Gasteiger partial charge is 0.508 e. The summed E-state index contributed by atoms with van der Waals surface area (Å²) in [6, 6.07) is 9.74. The van der Waals surface area contributed by atoms with Crippen LogP contribution in [0.1, 0.15) is 5.56 Å². The molecule has 0 aliphatic heterocycles. The fraction of sp³-hybridized carbons (Fsp3) is 0.167. The van der Waals surface area contributed by atoms with Crippen molar-refractivity contribution >= 4 is 32.9 Å². The van der Waals surface area contributed by atoms with Crippen molar-refractivity contribution in [2.75, 3.05) is 18.5 Å². The maximum Gasteiger partial charge on any atom is 0.261 e. The van der Waals surface area contributed by atoms with Gasteiger partial charge in [0.1, 0.15) is 35.2 Å². The van der Waals surface area contributed by atoms with Gasteiger partial charge < -0.3 is 15.7 Å². The maximum absolute atomic E-state index is 14.1. The number of carbonyl (C=O) groups is 1. The van der Waals surface area contributed by atoms with Crippen molar-refractivity contribution in [3.05, 3.63) is 78.6 Å². The van der Waals surface area contributed by atoms with Gasteiger partial charge >= 0.3 is 0 Å². The highest BCUT2D eigenvalue weighted by Gasteiger charge is 2.20. The van der Waals surface area contributed by atoms with E-state index in [9.17, 15) is 27.1 Å². The monoisotopic (exact) mass is 546 g/mol.